The van der Waals surface area contributed by atoms with Crippen molar-refractivity contribution >= 4 is 11.6 Å². The van der Waals surface area contributed by atoms with E-state index in [4.69, 9.17) is 6.42 Å². The Labute approximate surface area is 114 Å². The van der Waals surface area contributed by atoms with Gasteiger partial charge < -0.3 is 5.32 Å². The van der Waals surface area contributed by atoms with E-state index in [2.05, 4.69) is 11.2 Å². The molecule has 0 aliphatic rings. The topological polar surface area (TPSA) is 72.2 Å². The van der Waals surface area contributed by atoms with Gasteiger partial charge in [0.05, 0.1) is 17.0 Å². The summed E-state index contributed by atoms with van der Waals surface area (Å²) in [6.07, 6.45) is 6.37. The molecule has 0 fully saturated rings. The van der Waals surface area contributed by atoms with Gasteiger partial charge in [-0.25, -0.2) is 8.78 Å². The van der Waals surface area contributed by atoms with Crippen LogP contribution in [-0.2, 0) is 0 Å². The molecule has 0 heterocycles. The SMILES string of the molecule is C#CC(CCC)NC(=O)c1cc(F)c(F)cc1[N+](=O)[O-]. The summed E-state index contributed by atoms with van der Waals surface area (Å²) >= 11 is 0. The van der Waals surface area contributed by atoms with Crippen LogP contribution >= 0.6 is 0 Å². The lowest BCUT2D eigenvalue weighted by atomic mass is 10.1. The molecule has 0 radical (unpaired) electrons. The van der Waals surface area contributed by atoms with E-state index in [0.717, 1.165) is 0 Å². The zero-order valence-corrected chi connectivity index (χ0v) is 10.7. The molecule has 0 aliphatic heterocycles. The molecule has 1 N–H and O–H groups in total. The highest BCUT2D eigenvalue weighted by atomic mass is 19.2. The van der Waals surface area contributed by atoms with Gasteiger partial charge in [0.25, 0.3) is 11.6 Å². The standard InChI is InChI=1S/C13H12F2N2O3/c1-3-5-8(4-2)16-13(18)9-6-10(14)11(15)7-12(9)17(19)20/h2,6-8H,3,5H2,1H3,(H,16,18). The maximum Gasteiger partial charge on any atom is 0.285 e. The number of carbonyl (C=O) groups is 1. The first-order chi connectivity index (χ1) is 9.40. The zero-order chi connectivity index (χ0) is 15.3. The van der Waals surface area contributed by atoms with E-state index in [1.807, 2.05) is 6.92 Å². The third-order valence-corrected chi connectivity index (χ3v) is 2.56. The molecular formula is C13H12F2N2O3. The molecule has 1 aromatic rings. The Kier molecular flexibility index (Phi) is 5.15. The molecule has 1 rings (SSSR count). The van der Waals surface area contributed by atoms with Crippen LogP contribution in [0.1, 0.15) is 30.1 Å². The molecule has 5 nitrogen and oxygen atoms in total. The molecule has 20 heavy (non-hydrogen) atoms. The van der Waals surface area contributed by atoms with Crippen molar-refractivity contribution in [2.24, 2.45) is 0 Å². The third kappa shape index (κ3) is 3.51. The molecule has 7 heteroatoms. The lowest BCUT2D eigenvalue weighted by Crippen LogP contribution is -2.34. The monoisotopic (exact) mass is 282 g/mol. The number of halogens is 2. The fraction of sp³-hybridized carbons (Fsp3) is 0.308. The summed E-state index contributed by atoms with van der Waals surface area (Å²) in [4.78, 5) is 21.7. The van der Waals surface area contributed by atoms with E-state index in [1.165, 1.54) is 0 Å². The Morgan fingerprint density at radius 1 is 1.50 bits per heavy atom. The van der Waals surface area contributed by atoms with Crippen LogP contribution in [0.25, 0.3) is 0 Å². The fourth-order valence-electron chi connectivity index (χ4n) is 1.59. The van der Waals surface area contributed by atoms with Gasteiger partial charge in [0, 0.05) is 0 Å². The van der Waals surface area contributed by atoms with E-state index >= 15 is 0 Å². The van der Waals surface area contributed by atoms with Crippen molar-refractivity contribution in [1.29, 1.82) is 0 Å². The Morgan fingerprint density at radius 2 is 2.10 bits per heavy atom. The minimum absolute atomic E-state index is 0.370. The van der Waals surface area contributed by atoms with Gasteiger partial charge in [-0.3, -0.25) is 14.9 Å². The van der Waals surface area contributed by atoms with Gasteiger partial charge in [-0.05, 0) is 12.5 Å². The molecule has 106 valence electrons. The van der Waals surface area contributed by atoms with Gasteiger partial charge >= 0.3 is 0 Å². The van der Waals surface area contributed by atoms with Crippen LogP contribution in [0.4, 0.5) is 14.5 Å². The summed E-state index contributed by atoms with van der Waals surface area (Å²) in [5.41, 5.74) is -1.38. The van der Waals surface area contributed by atoms with Crippen LogP contribution in [0.2, 0.25) is 0 Å². The first kappa shape index (κ1) is 15.6. The number of nitro groups is 1. The molecular weight excluding hydrogens is 270 g/mol. The lowest BCUT2D eigenvalue weighted by Gasteiger charge is -2.12. The van der Waals surface area contributed by atoms with Crippen LogP contribution in [0.3, 0.4) is 0 Å². The number of hydrogen-bond acceptors (Lipinski definition) is 3. The summed E-state index contributed by atoms with van der Waals surface area (Å²) in [6, 6.07) is 0.234. The average Bonchev–Trinajstić information content (AvgIpc) is 2.40. The number of carbonyl (C=O) groups excluding carboxylic acids is 1. The molecule has 0 saturated carbocycles. The molecule has 0 bridgehead atoms. The largest absolute Gasteiger partial charge is 0.338 e. The minimum atomic E-state index is -1.39. The van der Waals surface area contributed by atoms with E-state index in [1.54, 1.807) is 0 Å². The second-order valence-corrected chi connectivity index (χ2v) is 4.02. The van der Waals surface area contributed by atoms with Crippen LogP contribution in [0, 0.1) is 34.1 Å². The quantitative estimate of drug-likeness (QED) is 0.512. The van der Waals surface area contributed by atoms with Crippen molar-refractivity contribution in [3.8, 4) is 12.3 Å². The molecule has 1 unspecified atom stereocenters. The van der Waals surface area contributed by atoms with Gasteiger partial charge in [0.15, 0.2) is 11.6 Å². The van der Waals surface area contributed by atoms with Gasteiger partial charge in [-0.1, -0.05) is 19.3 Å². The smallest absolute Gasteiger partial charge is 0.285 e. The molecule has 0 saturated heterocycles. The van der Waals surface area contributed by atoms with E-state index in [0.29, 0.717) is 25.0 Å². The summed E-state index contributed by atoms with van der Waals surface area (Å²) in [7, 11) is 0. The normalized spacial score (nSPS) is 11.5. The molecule has 1 aromatic carbocycles. The maximum atomic E-state index is 13.1. The third-order valence-electron chi connectivity index (χ3n) is 2.56. The van der Waals surface area contributed by atoms with Crippen LogP contribution in [0.15, 0.2) is 12.1 Å². The maximum absolute atomic E-state index is 13.1. The predicted octanol–water partition coefficient (Wildman–Crippen LogP) is 2.40. The first-order valence-corrected chi connectivity index (χ1v) is 5.81. The summed E-state index contributed by atoms with van der Waals surface area (Å²) in [6.45, 7) is 1.84. The molecule has 1 amide bonds. The number of benzene rings is 1. The number of terminal acetylenes is 1. The Hall–Kier alpha value is -2.49. The number of hydrogen-bond donors (Lipinski definition) is 1. The average molecular weight is 282 g/mol. The van der Waals surface area contributed by atoms with Gasteiger partial charge in [0.2, 0.25) is 0 Å². The molecule has 0 aromatic heterocycles. The van der Waals surface area contributed by atoms with Crippen molar-refractivity contribution in [3.05, 3.63) is 39.4 Å². The van der Waals surface area contributed by atoms with Crippen molar-refractivity contribution < 1.29 is 18.5 Å². The first-order valence-electron chi connectivity index (χ1n) is 5.81. The van der Waals surface area contributed by atoms with Crippen molar-refractivity contribution in [2.75, 3.05) is 0 Å². The Balaban J connectivity index is 3.12. The number of nitro benzene ring substituents is 1. The minimum Gasteiger partial charge on any atom is -0.338 e. The van der Waals surface area contributed by atoms with E-state index < -0.39 is 39.8 Å². The van der Waals surface area contributed by atoms with Crippen molar-refractivity contribution in [2.45, 2.75) is 25.8 Å². The fourth-order valence-corrected chi connectivity index (χ4v) is 1.59. The number of nitrogens with one attached hydrogen (secondary N) is 1. The Morgan fingerprint density at radius 3 is 2.60 bits per heavy atom. The summed E-state index contributed by atoms with van der Waals surface area (Å²) in [5.74, 6) is -1.33. The van der Waals surface area contributed by atoms with E-state index in [9.17, 15) is 23.7 Å². The number of nitrogens with zero attached hydrogens (tertiary/aromatic N) is 1. The van der Waals surface area contributed by atoms with Crippen LogP contribution in [-0.4, -0.2) is 16.9 Å². The molecule has 0 spiro atoms. The van der Waals surface area contributed by atoms with Crippen LogP contribution in [0.5, 0.6) is 0 Å². The van der Waals surface area contributed by atoms with Gasteiger partial charge in [0.1, 0.15) is 5.56 Å². The molecule has 0 aliphatic carbocycles. The van der Waals surface area contributed by atoms with Crippen molar-refractivity contribution in [1.82, 2.24) is 5.32 Å². The van der Waals surface area contributed by atoms with Crippen molar-refractivity contribution in [3.63, 3.8) is 0 Å². The van der Waals surface area contributed by atoms with Gasteiger partial charge in [-0.2, -0.15) is 0 Å². The Bertz CT molecular complexity index is 582. The molecule has 1 atom stereocenters. The van der Waals surface area contributed by atoms with Gasteiger partial charge in [-0.15, -0.1) is 6.42 Å². The number of rotatable bonds is 5. The zero-order valence-electron chi connectivity index (χ0n) is 10.7. The van der Waals surface area contributed by atoms with Crippen LogP contribution < -0.4 is 5.32 Å². The second kappa shape index (κ2) is 6.61. The number of amides is 1. The summed E-state index contributed by atoms with van der Waals surface area (Å²) in [5, 5.41) is 13.1. The summed E-state index contributed by atoms with van der Waals surface area (Å²) < 4.78 is 26.1. The highest BCUT2D eigenvalue weighted by molar-refractivity contribution is 5.98. The lowest BCUT2D eigenvalue weighted by molar-refractivity contribution is -0.385. The second-order valence-electron chi connectivity index (χ2n) is 4.02. The highest BCUT2D eigenvalue weighted by Gasteiger charge is 2.24. The highest BCUT2D eigenvalue weighted by Crippen LogP contribution is 2.22. The predicted molar refractivity (Wildman–Crippen MR) is 68.0 cm³/mol. The van der Waals surface area contributed by atoms with E-state index in [-0.39, 0.29) is 0 Å².